The van der Waals surface area contributed by atoms with Crippen LogP contribution in [0.4, 0.5) is 0 Å². The van der Waals surface area contributed by atoms with E-state index in [2.05, 4.69) is 15.0 Å². The van der Waals surface area contributed by atoms with Gasteiger partial charge in [0.05, 0.1) is 24.3 Å². The third-order valence-corrected chi connectivity index (χ3v) is 5.92. The van der Waals surface area contributed by atoms with Crippen LogP contribution in [-0.4, -0.2) is 33.4 Å². The number of aliphatic hydroxyl groups is 1. The number of azide groups is 1. The Kier molecular flexibility index (Phi) is 6.02. The molecule has 1 saturated heterocycles. The maximum absolute atomic E-state index is 12.0. The summed E-state index contributed by atoms with van der Waals surface area (Å²) in [6.45, 7) is -0.323. The van der Waals surface area contributed by atoms with E-state index in [1.165, 1.54) is 10.8 Å². The fourth-order valence-corrected chi connectivity index (χ4v) is 2.89. The van der Waals surface area contributed by atoms with Gasteiger partial charge in [0, 0.05) is 21.1 Å². The van der Waals surface area contributed by atoms with Gasteiger partial charge in [0.2, 0.25) is 0 Å². The van der Waals surface area contributed by atoms with E-state index >= 15 is 0 Å². The molecule has 1 aromatic heterocycles. The van der Waals surface area contributed by atoms with E-state index in [0.29, 0.717) is 9.14 Å². The summed E-state index contributed by atoms with van der Waals surface area (Å²) in [6, 6.07) is -0.568. The number of nitrogens with zero attached hydrogens (tertiary/aromatic N) is 4. The van der Waals surface area contributed by atoms with Crippen molar-refractivity contribution in [3.05, 3.63) is 47.1 Å². The van der Waals surface area contributed by atoms with Gasteiger partial charge in [0.25, 0.3) is 5.56 Å². The van der Waals surface area contributed by atoms with Gasteiger partial charge in [0.15, 0.2) is 0 Å². The van der Waals surface area contributed by atoms with E-state index in [1.807, 2.05) is 45.2 Å². The van der Waals surface area contributed by atoms with Crippen LogP contribution in [-0.2, 0) is 4.74 Å². The zero-order valence-electron chi connectivity index (χ0n) is 11.0. The van der Waals surface area contributed by atoms with Crippen molar-refractivity contribution in [2.45, 2.75) is 24.8 Å². The summed E-state index contributed by atoms with van der Waals surface area (Å²) in [6.07, 6.45) is 0.262. The average molecular weight is 531 g/mol. The molecule has 22 heavy (non-hydrogen) atoms. The van der Waals surface area contributed by atoms with Gasteiger partial charge >= 0.3 is 5.69 Å². The lowest BCUT2D eigenvalue weighted by Gasteiger charge is -2.15. The molecular weight excluding hydrogens is 520 g/mol. The van der Waals surface area contributed by atoms with Crippen molar-refractivity contribution >= 4 is 48.8 Å². The summed E-state index contributed by atoms with van der Waals surface area (Å²) in [5.41, 5.74) is 7.77. The second kappa shape index (κ2) is 7.59. The lowest BCUT2D eigenvalue weighted by atomic mass is 10.1. The normalized spacial score (nSPS) is 25.0. The summed E-state index contributed by atoms with van der Waals surface area (Å²) in [4.78, 5) is 28.8. The first-order valence-corrected chi connectivity index (χ1v) is 8.46. The summed E-state index contributed by atoms with van der Waals surface area (Å²) in [5, 5.41) is 12.8. The molecule has 1 fully saturated rings. The Labute approximate surface area is 151 Å². The molecule has 2 N–H and O–H groups in total. The van der Waals surface area contributed by atoms with E-state index in [-0.39, 0.29) is 13.0 Å². The smallest absolute Gasteiger partial charge is 0.330 e. The number of hydrogen-bond acceptors (Lipinski definition) is 5. The molecule has 3 unspecified atom stereocenters. The molecule has 2 heterocycles. The molecule has 118 valence electrons. The molecule has 0 amide bonds. The molecule has 2 rings (SSSR count). The van der Waals surface area contributed by atoms with Gasteiger partial charge in [-0.2, -0.15) is 0 Å². The summed E-state index contributed by atoms with van der Waals surface area (Å²) in [5.74, 6) is 0. The predicted molar refractivity (Wildman–Crippen MR) is 95.9 cm³/mol. The fourth-order valence-electron chi connectivity index (χ4n) is 2.17. The lowest BCUT2D eigenvalue weighted by molar-refractivity contribution is -0.0271. The molecule has 0 radical (unpaired) electrons. The Bertz CT molecular complexity index is 752. The zero-order chi connectivity index (χ0) is 16.3. The number of nitrogens with one attached hydrogen (secondary N) is 1. The van der Waals surface area contributed by atoms with E-state index in [1.54, 1.807) is 4.08 Å². The molecular formula is C11H11I2N5O4. The van der Waals surface area contributed by atoms with Gasteiger partial charge in [-0.15, -0.1) is 0 Å². The maximum Gasteiger partial charge on any atom is 0.330 e. The standard InChI is InChI=1S/C11H11I2N5O4/c12-2-6(13)5-3-18(11(21)15-10(5)20)9-1-7(16-17-14)8(4-19)22-9/h2-3,7-9,19H,1,4H2,(H,15,20,21). The minimum absolute atomic E-state index is 0.241. The first kappa shape index (κ1) is 17.5. The number of halogens is 2. The second-order valence-corrected chi connectivity index (χ2v) is 6.27. The van der Waals surface area contributed by atoms with Crippen LogP contribution in [0, 0.1) is 0 Å². The van der Waals surface area contributed by atoms with Gasteiger partial charge in [-0.1, -0.05) is 27.7 Å². The van der Waals surface area contributed by atoms with Crippen molar-refractivity contribution in [1.29, 1.82) is 0 Å². The second-order valence-electron chi connectivity index (χ2n) is 4.49. The van der Waals surface area contributed by atoms with Crippen molar-refractivity contribution in [2.24, 2.45) is 5.11 Å². The Morgan fingerprint density at radius 1 is 1.68 bits per heavy atom. The maximum atomic E-state index is 12.0. The van der Waals surface area contributed by atoms with Crippen LogP contribution >= 0.6 is 45.2 Å². The van der Waals surface area contributed by atoms with E-state index in [4.69, 9.17) is 10.3 Å². The minimum atomic E-state index is -0.714. The number of aliphatic hydroxyl groups excluding tert-OH is 1. The van der Waals surface area contributed by atoms with Crippen LogP contribution in [0.5, 0.6) is 0 Å². The topological polar surface area (TPSA) is 133 Å². The first-order valence-electron chi connectivity index (χ1n) is 6.14. The monoisotopic (exact) mass is 531 g/mol. The lowest BCUT2D eigenvalue weighted by Crippen LogP contribution is -2.33. The van der Waals surface area contributed by atoms with Crippen molar-refractivity contribution in [3.8, 4) is 0 Å². The molecule has 0 aliphatic carbocycles. The SMILES string of the molecule is [N-]=[N+]=NC1CC(n2cc(C(I)=CI)c(=O)[nH]c2=O)OC1CO. The largest absolute Gasteiger partial charge is 0.394 e. The quantitative estimate of drug-likeness (QED) is 0.265. The minimum Gasteiger partial charge on any atom is -0.394 e. The number of hydrogen-bond donors (Lipinski definition) is 2. The van der Waals surface area contributed by atoms with E-state index in [0.717, 1.165) is 0 Å². The van der Waals surface area contributed by atoms with Crippen LogP contribution < -0.4 is 11.2 Å². The van der Waals surface area contributed by atoms with Crippen LogP contribution in [0.15, 0.2) is 25.0 Å². The van der Waals surface area contributed by atoms with Gasteiger partial charge in [-0.3, -0.25) is 14.3 Å². The molecule has 0 spiro atoms. The van der Waals surface area contributed by atoms with Gasteiger partial charge in [-0.05, 0) is 32.2 Å². The molecule has 1 aromatic rings. The van der Waals surface area contributed by atoms with Crippen LogP contribution in [0.1, 0.15) is 18.2 Å². The highest BCUT2D eigenvalue weighted by Gasteiger charge is 2.35. The van der Waals surface area contributed by atoms with Gasteiger partial charge in [-0.25, -0.2) is 4.79 Å². The Hall–Kier alpha value is -0.890. The summed E-state index contributed by atoms with van der Waals surface area (Å²) in [7, 11) is 0. The molecule has 11 heteroatoms. The van der Waals surface area contributed by atoms with E-state index in [9.17, 15) is 14.7 Å². The number of aromatic amines is 1. The molecule has 9 nitrogen and oxygen atoms in total. The van der Waals surface area contributed by atoms with E-state index < -0.39 is 29.6 Å². The average Bonchev–Trinajstić information content (AvgIpc) is 2.90. The number of H-pyrrole nitrogens is 1. The fraction of sp³-hybridized carbons (Fsp3) is 0.455. The number of aromatic nitrogens is 2. The Morgan fingerprint density at radius 2 is 2.41 bits per heavy atom. The number of ether oxygens (including phenoxy) is 1. The molecule has 0 aromatic carbocycles. The highest BCUT2D eigenvalue weighted by atomic mass is 127. The molecule has 0 saturated carbocycles. The number of rotatable bonds is 4. The predicted octanol–water partition coefficient (Wildman–Crippen LogP) is 1.66. The molecule has 0 bridgehead atoms. The highest BCUT2D eigenvalue weighted by molar-refractivity contribution is 14.1. The van der Waals surface area contributed by atoms with Crippen molar-refractivity contribution in [3.63, 3.8) is 0 Å². The van der Waals surface area contributed by atoms with Crippen molar-refractivity contribution in [1.82, 2.24) is 9.55 Å². The highest BCUT2D eigenvalue weighted by Crippen LogP contribution is 2.30. The van der Waals surface area contributed by atoms with Gasteiger partial charge < -0.3 is 9.84 Å². The third kappa shape index (κ3) is 3.53. The van der Waals surface area contributed by atoms with Crippen molar-refractivity contribution in [2.75, 3.05) is 6.61 Å². The third-order valence-electron chi connectivity index (χ3n) is 3.22. The van der Waals surface area contributed by atoms with Crippen molar-refractivity contribution < 1.29 is 9.84 Å². The van der Waals surface area contributed by atoms with Gasteiger partial charge in [0.1, 0.15) is 6.23 Å². The summed E-state index contributed by atoms with van der Waals surface area (Å²) >= 11 is 3.98. The van der Waals surface area contributed by atoms with Crippen LogP contribution in [0.3, 0.4) is 0 Å². The molecule has 1 aliphatic heterocycles. The molecule has 1 aliphatic rings. The van der Waals surface area contributed by atoms with Crippen LogP contribution in [0.25, 0.3) is 14.0 Å². The molecule has 3 atom stereocenters. The first-order chi connectivity index (χ1) is 10.5. The Morgan fingerprint density at radius 3 is 3.00 bits per heavy atom. The zero-order valence-corrected chi connectivity index (χ0v) is 15.3. The van der Waals surface area contributed by atoms with Crippen LogP contribution in [0.2, 0.25) is 0 Å². The Balaban J connectivity index is 2.43. The summed E-state index contributed by atoms with van der Waals surface area (Å²) < 4.78 is 9.19.